The van der Waals surface area contributed by atoms with Crippen LogP contribution in [0.3, 0.4) is 0 Å². The molecule has 0 aliphatic heterocycles. The van der Waals surface area contributed by atoms with Gasteiger partial charge in [-0.15, -0.1) is 0 Å². The van der Waals surface area contributed by atoms with Gasteiger partial charge in [0.15, 0.2) is 0 Å². The summed E-state index contributed by atoms with van der Waals surface area (Å²) in [5, 5.41) is 9.42. The lowest BCUT2D eigenvalue weighted by atomic mass is 9.80. The molecule has 0 bridgehead atoms. The molecule has 0 saturated heterocycles. The second-order valence-corrected chi connectivity index (χ2v) is 9.01. The number of rotatable bonds is 5. The van der Waals surface area contributed by atoms with E-state index in [0.717, 1.165) is 24.1 Å². The minimum Gasteiger partial charge on any atom is -0.258 e. The first kappa shape index (κ1) is 20.2. The summed E-state index contributed by atoms with van der Waals surface area (Å²) in [5.41, 5.74) is 8.46. The normalized spacial score (nSPS) is 11.7. The molecule has 1 aromatic carbocycles. The number of benzene rings is 1. The van der Waals surface area contributed by atoms with Crippen molar-refractivity contribution >= 4 is 0 Å². The smallest absolute Gasteiger partial charge is 0.0670 e. The van der Waals surface area contributed by atoms with Crippen LogP contribution in [0.4, 0.5) is 0 Å². The maximum atomic E-state index is 9.42. The lowest BCUT2D eigenvalue weighted by molar-refractivity contribution is 0.408. The van der Waals surface area contributed by atoms with Crippen LogP contribution >= 0.6 is 0 Å². The number of aromatic nitrogens is 1. The maximum Gasteiger partial charge on any atom is 0.0670 e. The van der Waals surface area contributed by atoms with Crippen molar-refractivity contribution < 1.29 is 0 Å². The molecule has 138 valence electrons. The van der Waals surface area contributed by atoms with Gasteiger partial charge >= 0.3 is 0 Å². The van der Waals surface area contributed by atoms with E-state index in [1.54, 1.807) is 0 Å². The molecule has 2 rings (SSSR count). The highest BCUT2D eigenvalue weighted by molar-refractivity contribution is 5.73. The minimum atomic E-state index is 0.159. The Bertz CT molecular complexity index is 800. The van der Waals surface area contributed by atoms with Gasteiger partial charge in [-0.25, -0.2) is 0 Å². The Kier molecular flexibility index (Phi) is 6.24. The summed E-state index contributed by atoms with van der Waals surface area (Å²) in [4.78, 5) is 4.97. The van der Waals surface area contributed by atoms with Gasteiger partial charge in [0.1, 0.15) is 0 Å². The van der Waals surface area contributed by atoms with Crippen LogP contribution in [0.1, 0.15) is 62.7 Å². The van der Waals surface area contributed by atoms with Crippen molar-refractivity contribution in [1.29, 1.82) is 5.26 Å². The molecule has 0 atom stereocenters. The Morgan fingerprint density at radius 2 is 1.65 bits per heavy atom. The molecular formula is C24H32N2. The molecule has 0 N–H and O–H groups in total. The van der Waals surface area contributed by atoms with Crippen LogP contribution in [0.25, 0.3) is 11.1 Å². The first-order chi connectivity index (χ1) is 12.1. The minimum absolute atomic E-state index is 0.159. The van der Waals surface area contributed by atoms with Crippen LogP contribution in [0.5, 0.6) is 0 Å². The zero-order valence-electron chi connectivity index (χ0n) is 17.4. The second-order valence-electron chi connectivity index (χ2n) is 9.01. The summed E-state index contributed by atoms with van der Waals surface area (Å²) in [5.74, 6) is 0.549. The summed E-state index contributed by atoms with van der Waals surface area (Å²) in [7, 11) is 0. The summed E-state index contributed by atoms with van der Waals surface area (Å²) >= 11 is 0. The van der Waals surface area contributed by atoms with Crippen LogP contribution < -0.4 is 0 Å². The van der Waals surface area contributed by atoms with Gasteiger partial charge in [0.25, 0.3) is 0 Å². The molecule has 26 heavy (non-hydrogen) atoms. The summed E-state index contributed by atoms with van der Waals surface area (Å²) in [6, 6.07) is 11.1. The Hall–Kier alpha value is -2.14. The van der Waals surface area contributed by atoms with Crippen molar-refractivity contribution in [1.82, 2.24) is 4.98 Å². The van der Waals surface area contributed by atoms with Crippen LogP contribution in [0.2, 0.25) is 0 Å². The number of aryl methyl sites for hydroxylation is 2. The molecular weight excluding hydrogens is 316 g/mol. The monoisotopic (exact) mass is 348 g/mol. The van der Waals surface area contributed by atoms with Gasteiger partial charge in [-0.05, 0) is 60.3 Å². The average Bonchev–Trinajstić information content (AvgIpc) is 2.51. The van der Waals surface area contributed by atoms with Crippen molar-refractivity contribution in [3.8, 4) is 17.2 Å². The molecule has 2 aromatic rings. The standard InChI is InChI=1S/C24H32N2/c1-16(2)14-22-21(15-24(5,6)7)23(19-10-8-17(3)9-11-19)20(12-13-25)18(4)26-22/h8-11,16H,12,14-15H2,1-7H3. The molecule has 2 nitrogen and oxygen atoms in total. The SMILES string of the molecule is Cc1ccc(-c2c(CC#N)c(C)nc(CC(C)C)c2CC(C)(C)C)cc1. The number of nitrogens with zero attached hydrogens (tertiary/aromatic N) is 2. The highest BCUT2D eigenvalue weighted by Crippen LogP contribution is 2.36. The van der Waals surface area contributed by atoms with E-state index in [-0.39, 0.29) is 5.41 Å². The van der Waals surface area contributed by atoms with Gasteiger partial charge in [-0.1, -0.05) is 64.4 Å². The van der Waals surface area contributed by atoms with E-state index >= 15 is 0 Å². The van der Waals surface area contributed by atoms with E-state index < -0.39 is 0 Å². The molecule has 0 saturated carbocycles. The summed E-state index contributed by atoms with van der Waals surface area (Å²) < 4.78 is 0. The van der Waals surface area contributed by atoms with Gasteiger partial charge in [0.05, 0.1) is 12.5 Å². The fourth-order valence-corrected chi connectivity index (χ4v) is 3.49. The van der Waals surface area contributed by atoms with Crippen molar-refractivity contribution in [3.63, 3.8) is 0 Å². The fraction of sp³-hybridized carbons (Fsp3) is 0.500. The van der Waals surface area contributed by atoms with E-state index in [1.165, 1.54) is 27.9 Å². The average molecular weight is 349 g/mol. The Labute approximate surface area is 159 Å². The van der Waals surface area contributed by atoms with Crippen LogP contribution in [-0.4, -0.2) is 4.98 Å². The summed E-state index contributed by atoms with van der Waals surface area (Å²) in [6.45, 7) is 15.5. The van der Waals surface area contributed by atoms with Crippen LogP contribution in [0.15, 0.2) is 24.3 Å². The van der Waals surface area contributed by atoms with Gasteiger partial charge in [-0.2, -0.15) is 5.26 Å². The zero-order valence-corrected chi connectivity index (χ0v) is 17.4. The van der Waals surface area contributed by atoms with Gasteiger partial charge in [0, 0.05) is 11.4 Å². The van der Waals surface area contributed by atoms with E-state index in [9.17, 15) is 5.26 Å². The highest BCUT2D eigenvalue weighted by atomic mass is 14.7. The molecule has 0 aliphatic rings. The lowest BCUT2D eigenvalue weighted by Gasteiger charge is -2.26. The Balaban J connectivity index is 2.82. The molecule has 0 radical (unpaired) electrons. The predicted octanol–water partition coefficient (Wildman–Crippen LogP) is 6.22. The van der Waals surface area contributed by atoms with Crippen molar-refractivity contribution in [3.05, 3.63) is 52.3 Å². The number of nitriles is 1. The maximum absolute atomic E-state index is 9.42. The Morgan fingerprint density at radius 1 is 1.04 bits per heavy atom. The third-order valence-electron chi connectivity index (χ3n) is 4.60. The number of hydrogen-bond donors (Lipinski definition) is 0. The van der Waals surface area contributed by atoms with Gasteiger partial charge in [-0.3, -0.25) is 4.98 Å². The van der Waals surface area contributed by atoms with E-state index in [2.05, 4.69) is 78.8 Å². The number of hydrogen-bond acceptors (Lipinski definition) is 2. The predicted molar refractivity (Wildman–Crippen MR) is 110 cm³/mol. The van der Waals surface area contributed by atoms with E-state index in [0.29, 0.717) is 12.3 Å². The van der Waals surface area contributed by atoms with Crippen LogP contribution in [0, 0.1) is 36.5 Å². The first-order valence-corrected chi connectivity index (χ1v) is 9.57. The largest absolute Gasteiger partial charge is 0.258 e. The molecule has 0 aliphatic carbocycles. The molecule has 2 heteroatoms. The molecule has 1 aromatic heterocycles. The van der Waals surface area contributed by atoms with Gasteiger partial charge < -0.3 is 0 Å². The highest BCUT2D eigenvalue weighted by Gasteiger charge is 2.23. The fourth-order valence-electron chi connectivity index (χ4n) is 3.49. The van der Waals surface area contributed by atoms with Crippen molar-refractivity contribution in [2.24, 2.45) is 11.3 Å². The zero-order chi connectivity index (χ0) is 19.5. The molecule has 0 unspecified atom stereocenters. The molecule has 0 spiro atoms. The number of pyridine rings is 1. The Morgan fingerprint density at radius 3 is 2.15 bits per heavy atom. The molecule has 0 fully saturated rings. The summed E-state index contributed by atoms with van der Waals surface area (Å²) in [6.07, 6.45) is 2.34. The van der Waals surface area contributed by atoms with E-state index in [1.807, 2.05) is 0 Å². The van der Waals surface area contributed by atoms with Crippen molar-refractivity contribution in [2.75, 3.05) is 0 Å². The van der Waals surface area contributed by atoms with Crippen molar-refractivity contribution in [2.45, 2.75) is 67.7 Å². The second kappa shape index (κ2) is 8.04. The topological polar surface area (TPSA) is 36.7 Å². The lowest BCUT2D eigenvalue weighted by Crippen LogP contribution is -2.16. The molecule has 1 heterocycles. The third-order valence-corrected chi connectivity index (χ3v) is 4.60. The third kappa shape index (κ3) is 4.94. The quantitative estimate of drug-likeness (QED) is 0.643. The molecule has 0 amide bonds. The van der Waals surface area contributed by atoms with Gasteiger partial charge in [0.2, 0.25) is 0 Å². The van der Waals surface area contributed by atoms with E-state index in [4.69, 9.17) is 4.98 Å². The first-order valence-electron chi connectivity index (χ1n) is 9.57. The van der Waals surface area contributed by atoms with Crippen LogP contribution in [-0.2, 0) is 19.3 Å².